The van der Waals surface area contributed by atoms with Crippen molar-refractivity contribution in [3.63, 3.8) is 0 Å². The largest absolute Gasteiger partial charge is 0.466 e. The third-order valence-electron chi connectivity index (χ3n) is 10.8. The summed E-state index contributed by atoms with van der Waals surface area (Å²) in [5, 5.41) is 0. The zero-order valence-corrected chi connectivity index (χ0v) is 33.0. The van der Waals surface area contributed by atoms with Crippen molar-refractivity contribution in [3.05, 3.63) is 118 Å². The number of amides is 2. The zero-order valence-electron chi connectivity index (χ0n) is 33.0. The number of methoxy groups -OCH3 is 1. The molecule has 2 amide bonds. The van der Waals surface area contributed by atoms with Crippen molar-refractivity contribution in [1.29, 1.82) is 0 Å². The van der Waals surface area contributed by atoms with Gasteiger partial charge in [-0.05, 0) is 109 Å². The molecular weight excluding hydrogens is 729 g/mol. The smallest absolute Gasteiger partial charge is 0.334 e. The number of amidine groups is 2. The zero-order chi connectivity index (χ0) is 40.8. The van der Waals surface area contributed by atoms with Crippen LogP contribution in [0.25, 0.3) is 34.4 Å². The highest BCUT2D eigenvalue weighted by molar-refractivity contribution is 6.07. The molecule has 11 nitrogen and oxygen atoms in total. The molecule has 4 N–H and O–H groups in total. The molecule has 0 aromatic heterocycles. The van der Waals surface area contributed by atoms with E-state index in [2.05, 4.69) is 9.98 Å². The summed E-state index contributed by atoms with van der Waals surface area (Å²) < 4.78 is 4.85. The van der Waals surface area contributed by atoms with Gasteiger partial charge in [-0.15, -0.1) is 0 Å². The minimum absolute atomic E-state index is 0.0891. The van der Waals surface area contributed by atoms with E-state index in [9.17, 15) is 19.2 Å². The number of benzene rings is 4. The molecule has 0 unspecified atom stereocenters. The third kappa shape index (κ3) is 8.99. The van der Waals surface area contributed by atoms with Crippen LogP contribution in [0.2, 0.25) is 0 Å². The molecule has 0 spiro atoms. The van der Waals surface area contributed by atoms with Crippen molar-refractivity contribution in [3.8, 4) is 22.3 Å². The lowest BCUT2D eigenvalue weighted by atomic mass is 9.98. The lowest BCUT2D eigenvalue weighted by Crippen LogP contribution is -2.27. The number of aliphatic imine (C=N–C) groups is 2. The van der Waals surface area contributed by atoms with E-state index in [0.29, 0.717) is 46.9 Å². The maximum absolute atomic E-state index is 12.5. The van der Waals surface area contributed by atoms with Crippen molar-refractivity contribution in [2.75, 3.05) is 33.3 Å². The summed E-state index contributed by atoms with van der Waals surface area (Å²) in [6.45, 7) is 5.22. The van der Waals surface area contributed by atoms with Crippen molar-refractivity contribution in [2.45, 2.75) is 51.9 Å². The quantitative estimate of drug-likeness (QED) is 0.181. The number of carbonyl (C=O) groups is 4. The van der Waals surface area contributed by atoms with Crippen LogP contribution < -0.4 is 11.5 Å². The molecule has 8 rings (SSSR count). The first kappa shape index (κ1) is 39.6. The number of Topliss-reactive ketones (excluding diaryl/α,β-unsaturated/α-hetero) is 1. The monoisotopic (exact) mass is 776 g/mol. The van der Waals surface area contributed by atoms with E-state index in [-0.39, 0.29) is 24.0 Å². The predicted molar refractivity (Wildman–Crippen MR) is 229 cm³/mol. The summed E-state index contributed by atoms with van der Waals surface area (Å²) in [6.07, 6.45) is 9.08. The molecule has 0 radical (unpaired) electrons. The second-order valence-corrected chi connectivity index (χ2v) is 14.9. The number of ether oxygens (including phenoxy) is 1. The van der Waals surface area contributed by atoms with Gasteiger partial charge >= 0.3 is 5.97 Å². The van der Waals surface area contributed by atoms with E-state index < -0.39 is 5.97 Å². The van der Waals surface area contributed by atoms with Crippen LogP contribution in [0, 0.1) is 0 Å². The number of hydrogen-bond acceptors (Lipinski definition) is 9. The van der Waals surface area contributed by atoms with Crippen LogP contribution in [0.3, 0.4) is 0 Å². The second-order valence-electron chi connectivity index (χ2n) is 14.9. The van der Waals surface area contributed by atoms with Crippen molar-refractivity contribution < 1.29 is 23.9 Å². The summed E-state index contributed by atoms with van der Waals surface area (Å²) in [6, 6.07) is 27.1. The minimum Gasteiger partial charge on any atom is -0.466 e. The molecule has 4 aliphatic rings. The van der Waals surface area contributed by atoms with Gasteiger partial charge in [-0.25, -0.2) is 14.8 Å². The lowest BCUT2D eigenvalue weighted by Gasteiger charge is -2.15. The van der Waals surface area contributed by atoms with Crippen LogP contribution in [-0.4, -0.2) is 78.3 Å². The molecule has 0 aliphatic carbocycles. The fourth-order valence-corrected chi connectivity index (χ4v) is 7.64. The Morgan fingerprint density at radius 1 is 0.586 bits per heavy atom. The number of carbonyl (C=O) groups excluding carboxylic acids is 4. The molecule has 0 atom stereocenters. The second kappa shape index (κ2) is 17.7. The van der Waals surface area contributed by atoms with Crippen molar-refractivity contribution in [2.24, 2.45) is 21.5 Å². The first-order valence-electron chi connectivity index (χ1n) is 19.9. The average molecular weight is 777 g/mol. The highest BCUT2D eigenvalue weighted by Crippen LogP contribution is 2.33. The minimum atomic E-state index is -0.411. The van der Waals surface area contributed by atoms with Gasteiger partial charge in [0.2, 0.25) is 0 Å². The maximum atomic E-state index is 12.5. The van der Waals surface area contributed by atoms with Gasteiger partial charge in [0.15, 0.2) is 5.78 Å². The van der Waals surface area contributed by atoms with Gasteiger partial charge in [0.25, 0.3) is 11.8 Å². The lowest BCUT2D eigenvalue weighted by molar-refractivity contribution is -0.136. The van der Waals surface area contributed by atoms with Gasteiger partial charge in [0.05, 0.1) is 18.5 Å². The molecule has 58 heavy (non-hydrogen) atoms. The number of hydrogen-bond donors (Lipinski definition) is 2. The van der Waals surface area contributed by atoms with Gasteiger partial charge in [-0.1, -0.05) is 43.3 Å². The van der Waals surface area contributed by atoms with Gasteiger partial charge < -0.3 is 26.0 Å². The molecule has 11 heteroatoms. The fourth-order valence-electron chi connectivity index (χ4n) is 7.64. The van der Waals surface area contributed by atoms with E-state index in [1.165, 1.54) is 7.11 Å². The number of ketones is 1. The molecule has 2 fully saturated rings. The van der Waals surface area contributed by atoms with Crippen LogP contribution in [0.5, 0.6) is 0 Å². The summed E-state index contributed by atoms with van der Waals surface area (Å²) in [5.74, 6) is 0.697. The Balaban J connectivity index is 0.000000177. The third-order valence-corrected chi connectivity index (χ3v) is 10.8. The number of likely N-dealkylation sites (tertiary alicyclic amines) is 2. The summed E-state index contributed by atoms with van der Waals surface area (Å²) >= 11 is 0. The first-order valence-corrected chi connectivity index (χ1v) is 19.9. The normalized spacial score (nSPS) is 15.9. The predicted octanol–water partition coefficient (Wildman–Crippen LogP) is 7.88. The average Bonchev–Trinajstić information content (AvgIpc) is 3.94. The molecule has 4 aromatic carbocycles. The van der Waals surface area contributed by atoms with Crippen LogP contribution in [0.1, 0.15) is 83.7 Å². The van der Waals surface area contributed by atoms with Crippen molar-refractivity contribution >= 4 is 58.8 Å². The Bertz CT molecular complexity index is 2200. The number of rotatable bonds is 7. The van der Waals surface area contributed by atoms with E-state index in [4.69, 9.17) is 16.2 Å². The highest BCUT2D eigenvalue weighted by atomic mass is 16.5. The van der Waals surface area contributed by atoms with E-state index in [0.717, 1.165) is 96.5 Å². The van der Waals surface area contributed by atoms with Gasteiger partial charge in [-0.3, -0.25) is 14.4 Å². The SMILES string of the molecule is CCC(=O)C1=Cc2cc(-c3ccc(C(=O)N4CCCC4)cc3)ccc2N=C(N)C1.COC(=O)C1=Cc2cc(-c3ccc(C(=O)N4CCCC4)cc3)ccc2N=C(N)C1. The van der Waals surface area contributed by atoms with Crippen molar-refractivity contribution in [1.82, 2.24) is 9.80 Å². The summed E-state index contributed by atoms with van der Waals surface area (Å²) in [7, 11) is 1.35. The Labute approximate surface area is 338 Å². The standard InChI is InChI=1S/C24H25N3O2.C23H23N3O3/c1-2-22(28)20-14-19-13-18(9-10-21(19)26-23(25)15-20)16-5-7-17(8-6-16)24(29)27-11-3-4-12-27;1-29-23(28)19-13-18-12-17(8-9-20(18)25-21(24)14-19)15-4-6-16(7-5-15)22(27)26-10-2-3-11-26/h5-10,13-14H,2-4,11-12,15H2,1H3,(H2,25,26);4-9,12-13H,2-3,10-11,14H2,1H3,(H2,24,25). The molecule has 2 saturated heterocycles. The molecule has 0 saturated carbocycles. The Kier molecular flexibility index (Phi) is 12.1. The van der Waals surface area contributed by atoms with Crippen LogP contribution in [0.15, 0.2) is 106 Å². The molecule has 4 aromatic rings. The van der Waals surface area contributed by atoms with Crippen LogP contribution in [0.4, 0.5) is 11.4 Å². The van der Waals surface area contributed by atoms with Crippen LogP contribution in [-0.2, 0) is 14.3 Å². The Morgan fingerprint density at radius 3 is 1.40 bits per heavy atom. The van der Waals surface area contributed by atoms with Gasteiger partial charge in [0, 0.05) is 78.8 Å². The Morgan fingerprint density at radius 2 is 0.983 bits per heavy atom. The summed E-state index contributed by atoms with van der Waals surface area (Å²) in [5.41, 5.74) is 21.7. The summed E-state index contributed by atoms with van der Waals surface area (Å²) in [4.78, 5) is 62.0. The number of esters is 1. The molecular formula is C47H48N6O5. The maximum Gasteiger partial charge on any atom is 0.334 e. The molecule has 4 heterocycles. The van der Waals surface area contributed by atoms with Crippen LogP contribution >= 0.6 is 0 Å². The molecule has 0 bridgehead atoms. The number of nitrogens with two attached hydrogens (primary N) is 2. The van der Waals surface area contributed by atoms with Gasteiger partial charge in [0.1, 0.15) is 11.7 Å². The number of nitrogens with zero attached hydrogens (tertiary/aromatic N) is 4. The first-order chi connectivity index (χ1) is 28.1. The van der Waals surface area contributed by atoms with E-state index >= 15 is 0 Å². The fraction of sp³-hybridized carbons (Fsp3) is 0.277. The van der Waals surface area contributed by atoms with Gasteiger partial charge in [-0.2, -0.15) is 0 Å². The molecule has 4 aliphatic heterocycles. The van der Waals surface area contributed by atoms with E-state index in [1.807, 2.05) is 108 Å². The Hall–Kier alpha value is -6.62. The topological polar surface area (TPSA) is 161 Å². The highest BCUT2D eigenvalue weighted by Gasteiger charge is 2.22. The van der Waals surface area contributed by atoms with E-state index in [1.54, 1.807) is 6.08 Å². The molecule has 296 valence electrons. The number of fused-ring (bicyclic) bond motifs is 2.